The van der Waals surface area contributed by atoms with Gasteiger partial charge < -0.3 is 9.84 Å². The number of fused-ring (bicyclic) bond motifs is 1. The molecule has 2 rings (SSSR count). The van der Waals surface area contributed by atoms with Crippen molar-refractivity contribution in [1.29, 1.82) is 0 Å². The van der Waals surface area contributed by atoms with E-state index in [4.69, 9.17) is 9.84 Å². The van der Waals surface area contributed by atoms with Crippen LogP contribution in [0.25, 0.3) is 6.08 Å². The van der Waals surface area contributed by atoms with Crippen molar-refractivity contribution < 1.29 is 27.8 Å². The summed E-state index contributed by atoms with van der Waals surface area (Å²) in [5, 5.41) is 9.00. The van der Waals surface area contributed by atoms with Gasteiger partial charge in [-0.1, -0.05) is 12.1 Å². The number of hydrogen-bond acceptors (Lipinski definition) is 2. The zero-order valence-corrected chi connectivity index (χ0v) is 10.2. The Kier molecular flexibility index (Phi) is 2.84. The van der Waals surface area contributed by atoms with Crippen LogP contribution < -0.4 is 4.74 Å². The molecule has 102 valence electrons. The number of carboxylic acids is 1. The van der Waals surface area contributed by atoms with Gasteiger partial charge in [0.15, 0.2) is 0 Å². The van der Waals surface area contributed by atoms with Gasteiger partial charge in [-0.25, -0.2) is 4.79 Å². The zero-order chi connectivity index (χ0) is 14.4. The Morgan fingerprint density at radius 2 is 2.00 bits per heavy atom. The lowest BCUT2D eigenvalue weighted by molar-refractivity contribution is -0.227. The fourth-order valence-corrected chi connectivity index (χ4v) is 1.89. The van der Waals surface area contributed by atoms with Crippen LogP contribution in [-0.4, -0.2) is 22.9 Å². The number of halogens is 3. The maximum absolute atomic E-state index is 13.1. The Bertz CT molecular complexity index is 575. The number of para-hydroxylation sites is 1. The maximum atomic E-state index is 13.1. The summed E-state index contributed by atoms with van der Waals surface area (Å²) in [5.41, 5.74) is -2.48. The number of rotatable bonds is 1. The Morgan fingerprint density at radius 1 is 1.37 bits per heavy atom. The Labute approximate surface area is 107 Å². The van der Waals surface area contributed by atoms with E-state index in [2.05, 4.69) is 0 Å². The highest BCUT2D eigenvalue weighted by Crippen LogP contribution is 2.45. The minimum absolute atomic E-state index is 0.0185. The van der Waals surface area contributed by atoms with E-state index >= 15 is 0 Å². The van der Waals surface area contributed by atoms with Crippen molar-refractivity contribution in [3.05, 3.63) is 34.9 Å². The smallest absolute Gasteiger partial charge is 0.432 e. The molecule has 1 aromatic carbocycles. The quantitative estimate of drug-likeness (QED) is 0.851. The van der Waals surface area contributed by atoms with Gasteiger partial charge in [0.25, 0.3) is 0 Å². The molecule has 1 N–H and O–H groups in total. The fourth-order valence-electron chi connectivity index (χ4n) is 1.89. The summed E-state index contributed by atoms with van der Waals surface area (Å²) in [6, 6.07) is 4.19. The third-order valence-corrected chi connectivity index (χ3v) is 3.25. The van der Waals surface area contributed by atoms with E-state index in [0.29, 0.717) is 5.56 Å². The van der Waals surface area contributed by atoms with Crippen LogP contribution in [0.2, 0.25) is 0 Å². The largest absolute Gasteiger partial charge is 0.478 e. The average molecular weight is 272 g/mol. The van der Waals surface area contributed by atoms with E-state index < -0.39 is 17.7 Å². The van der Waals surface area contributed by atoms with Crippen molar-refractivity contribution in [1.82, 2.24) is 0 Å². The molecule has 0 spiro atoms. The predicted octanol–water partition coefficient (Wildman–Crippen LogP) is 3.50. The van der Waals surface area contributed by atoms with Gasteiger partial charge in [-0.05, 0) is 31.6 Å². The third-order valence-electron chi connectivity index (χ3n) is 3.25. The van der Waals surface area contributed by atoms with E-state index in [1.165, 1.54) is 31.2 Å². The maximum Gasteiger partial charge on any atom is 0.432 e. The number of carbonyl (C=O) groups is 1. The van der Waals surface area contributed by atoms with E-state index in [0.717, 1.165) is 6.92 Å². The molecular weight excluding hydrogens is 261 g/mol. The molecule has 1 unspecified atom stereocenters. The third kappa shape index (κ3) is 1.97. The van der Waals surface area contributed by atoms with Gasteiger partial charge in [0.2, 0.25) is 5.60 Å². The molecular formula is C13H11F3O3. The first-order valence-electron chi connectivity index (χ1n) is 5.47. The van der Waals surface area contributed by atoms with Crippen LogP contribution in [0.5, 0.6) is 5.75 Å². The highest BCUT2D eigenvalue weighted by atomic mass is 19.4. The molecule has 19 heavy (non-hydrogen) atoms. The lowest BCUT2D eigenvalue weighted by Gasteiger charge is -2.37. The van der Waals surface area contributed by atoms with Gasteiger partial charge >= 0.3 is 12.1 Å². The second-order valence-corrected chi connectivity index (χ2v) is 4.49. The molecule has 0 aliphatic carbocycles. The Hall–Kier alpha value is -1.98. The first-order valence-corrected chi connectivity index (χ1v) is 5.47. The van der Waals surface area contributed by atoms with E-state index in [9.17, 15) is 18.0 Å². The fraction of sp³-hybridized carbons (Fsp3) is 0.308. The normalized spacial score (nSPS) is 22.3. The van der Waals surface area contributed by atoms with Gasteiger partial charge in [-0.2, -0.15) is 13.2 Å². The number of aromatic carboxylic acids is 1. The van der Waals surface area contributed by atoms with Crippen molar-refractivity contribution >= 4 is 12.0 Å². The van der Waals surface area contributed by atoms with E-state index in [-0.39, 0.29) is 16.9 Å². The molecule has 1 aliphatic heterocycles. The zero-order valence-electron chi connectivity index (χ0n) is 10.2. The second kappa shape index (κ2) is 4.01. The first-order chi connectivity index (χ1) is 8.67. The van der Waals surface area contributed by atoms with Crippen LogP contribution in [-0.2, 0) is 0 Å². The van der Waals surface area contributed by atoms with Crippen molar-refractivity contribution in [3.8, 4) is 5.75 Å². The number of carboxylic acid groups (broad SMARTS) is 1. The summed E-state index contributed by atoms with van der Waals surface area (Å²) >= 11 is 0. The molecule has 0 aromatic heterocycles. The lowest BCUT2D eigenvalue weighted by Crippen LogP contribution is -2.50. The Morgan fingerprint density at radius 3 is 2.53 bits per heavy atom. The van der Waals surface area contributed by atoms with Gasteiger partial charge in [0.1, 0.15) is 11.3 Å². The van der Waals surface area contributed by atoms with E-state index in [1.54, 1.807) is 0 Å². The van der Waals surface area contributed by atoms with Crippen molar-refractivity contribution in [2.24, 2.45) is 0 Å². The van der Waals surface area contributed by atoms with Gasteiger partial charge in [-0.3, -0.25) is 0 Å². The van der Waals surface area contributed by atoms with Gasteiger partial charge in [-0.15, -0.1) is 0 Å². The highest BCUT2D eigenvalue weighted by molar-refractivity contribution is 5.93. The van der Waals surface area contributed by atoms with Crippen LogP contribution in [0.15, 0.2) is 23.8 Å². The average Bonchev–Trinajstić information content (AvgIpc) is 2.28. The van der Waals surface area contributed by atoms with Gasteiger partial charge in [0, 0.05) is 5.56 Å². The summed E-state index contributed by atoms with van der Waals surface area (Å²) in [7, 11) is 0. The molecule has 0 bridgehead atoms. The number of ether oxygens (including phenoxy) is 1. The number of hydrogen-bond donors (Lipinski definition) is 1. The minimum atomic E-state index is -4.63. The molecule has 1 heterocycles. The number of alkyl halides is 3. The van der Waals surface area contributed by atoms with Crippen molar-refractivity contribution in [2.45, 2.75) is 25.6 Å². The molecule has 3 nitrogen and oxygen atoms in total. The molecule has 6 heteroatoms. The van der Waals surface area contributed by atoms with Crippen LogP contribution in [0, 0.1) is 0 Å². The van der Waals surface area contributed by atoms with Crippen LogP contribution in [0.4, 0.5) is 13.2 Å². The topological polar surface area (TPSA) is 46.5 Å². The number of benzene rings is 1. The van der Waals surface area contributed by atoms with Crippen LogP contribution in [0.1, 0.15) is 29.8 Å². The monoisotopic (exact) mass is 272 g/mol. The summed E-state index contributed by atoms with van der Waals surface area (Å²) in [6.45, 7) is 2.20. The first kappa shape index (κ1) is 13.5. The molecule has 0 fully saturated rings. The molecule has 1 atom stereocenters. The summed E-state index contributed by atoms with van der Waals surface area (Å²) in [5.74, 6) is -1.57. The molecule has 1 aromatic rings. The standard InChI is InChI=1S/C13H11F3O3/c1-7-6-8-4-3-5-9(11(17)18)10(8)19-12(7,2)13(14,15)16/h3-6H,1-2H3,(H,17,18). The minimum Gasteiger partial charge on any atom is -0.478 e. The summed E-state index contributed by atoms with van der Waals surface area (Å²) < 4.78 is 44.3. The van der Waals surface area contributed by atoms with Crippen molar-refractivity contribution in [3.63, 3.8) is 0 Å². The molecule has 0 saturated heterocycles. The summed E-state index contributed by atoms with van der Waals surface area (Å²) in [4.78, 5) is 11.0. The molecule has 0 radical (unpaired) electrons. The molecule has 0 amide bonds. The van der Waals surface area contributed by atoms with Crippen molar-refractivity contribution in [2.75, 3.05) is 0 Å². The molecule has 0 saturated carbocycles. The highest BCUT2D eigenvalue weighted by Gasteiger charge is 2.56. The van der Waals surface area contributed by atoms with Gasteiger partial charge in [0.05, 0.1) is 0 Å². The summed E-state index contributed by atoms with van der Waals surface area (Å²) in [6.07, 6.45) is -3.32. The van der Waals surface area contributed by atoms with Crippen LogP contribution in [0.3, 0.4) is 0 Å². The lowest BCUT2D eigenvalue weighted by atomic mass is 9.90. The second-order valence-electron chi connectivity index (χ2n) is 4.49. The van der Waals surface area contributed by atoms with Crippen LogP contribution >= 0.6 is 0 Å². The predicted molar refractivity (Wildman–Crippen MR) is 62.1 cm³/mol. The Balaban J connectivity index is 2.64. The molecule has 1 aliphatic rings. The SMILES string of the molecule is CC1=Cc2cccc(C(=O)O)c2OC1(C)C(F)(F)F. The van der Waals surface area contributed by atoms with E-state index in [1.807, 2.05) is 0 Å².